The van der Waals surface area contributed by atoms with Gasteiger partial charge in [-0.15, -0.1) is 35.3 Å². The molecule has 1 rings (SSSR count). The predicted octanol–water partition coefficient (Wildman–Crippen LogP) is 2.47. The zero-order chi connectivity index (χ0) is 11.1. The maximum atomic E-state index is 5.65. The first-order valence-corrected chi connectivity index (χ1v) is 6.16. The fourth-order valence-corrected chi connectivity index (χ4v) is 2.20. The Labute approximate surface area is 119 Å². The van der Waals surface area contributed by atoms with Gasteiger partial charge in [0, 0.05) is 18.0 Å². The maximum absolute atomic E-state index is 5.65. The molecule has 0 aliphatic heterocycles. The van der Waals surface area contributed by atoms with Gasteiger partial charge in [-0.3, -0.25) is 4.99 Å². The van der Waals surface area contributed by atoms with Crippen molar-refractivity contribution in [2.45, 2.75) is 20.3 Å². The predicted molar refractivity (Wildman–Crippen MR) is 82.8 cm³/mol. The van der Waals surface area contributed by atoms with Gasteiger partial charge in [0.25, 0.3) is 0 Å². The number of aliphatic imine (C=N–C) groups is 1. The molecule has 1 aromatic rings. The lowest BCUT2D eigenvalue weighted by Gasteiger charge is -2.07. The van der Waals surface area contributed by atoms with Crippen LogP contribution in [0.4, 0.5) is 0 Å². The summed E-state index contributed by atoms with van der Waals surface area (Å²) >= 11 is 1.80. The van der Waals surface area contributed by atoms with E-state index in [2.05, 4.69) is 34.7 Å². The highest BCUT2D eigenvalue weighted by Gasteiger charge is 2.03. The van der Waals surface area contributed by atoms with E-state index in [4.69, 9.17) is 5.73 Å². The molecule has 1 unspecified atom stereocenters. The third-order valence-electron chi connectivity index (χ3n) is 2.06. The Morgan fingerprint density at radius 1 is 1.62 bits per heavy atom. The molecule has 5 heteroatoms. The van der Waals surface area contributed by atoms with Crippen LogP contribution in [0.2, 0.25) is 0 Å². The molecule has 1 heterocycles. The van der Waals surface area contributed by atoms with E-state index in [0.29, 0.717) is 11.9 Å². The normalized spacial score (nSPS) is 13.0. The lowest BCUT2D eigenvalue weighted by atomic mass is 10.1. The molecule has 0 radical (unpaired) electrons. The second-order valence-electron chi connectivity index (χ2n) is 3.64. The van der Waals surface area contributed by atoms with Gasteiger partial charge < -0.3 is 11.1 Å². The summed E-state index contributed by atoms with van der Waals surface area (Å²) in [5.74, 6) is 1.09. The maximum Gasteiger partial charge on any atom is 0.188 e. The van der Waals surface area contributed by atoms with Crippen molar-refractivity contribution >= 4 is 41.3 Å². The van der Waals surface area contributed by atoms with Gasteiger partial charge in [0.15, 0.2) is 5.96 Å². The number of rotatable bonds is 5. The number of nitrogens with zero attached hydrogens (tertiary/aromatic N) is 1. The first-order valence-electron chi connectivity index (χ1n) is 5.28. The molecular formula is C11H20IN3S. The summed E-state index contributed by atoms with van der Waals surface area (Å²) in [5, 5.41) is 5.10. The molecule has 0 aliphatic carbocycles. The van der Waals surface area contributed by atoms with Crippen molar-refractivity contribution in [3.8, 4) is 0 Å². The fraction of sp³-hybridized carbons (Fsp3) is 0.545. The van der Waals surface area contributed by atoms with Gasteiger partial charge >= 0.3 is 0 Å². The van der Waals surface area contributed by atoms with E-state index in [1.807, 2.05) is 6.92 Å². The van der Waals surface area contributed by atoms with Crippen LogP contribution in [0, 0.1) is 5.92 Å². The monoisotopic (exact) mass is 353 g/mol. The van der Waals surface area contributed by atoms with Crippen molar-refractivity contribution in [2.24, 2.45) is 16.6 Å². The first kappa shape index (κ1) is 15.7. The zero-order valence-corrected chi connectivity index (χ0v) is 12.9. The number of halogens is 1. The lowest BCUT2D eigenvalue weighted by molar-refractivity contribution is 0.597. The highest BCUT2D eigenvalue weighted by Crippen LogP contribution is 2.14. The van der Waals surface area contributed by atoms with Crippen molar-refractivity contribution in [3.63, 3.8) is 0 Å². The molecular weight excluding hydrogens is 333 g/mol. The summed E-state index contributed by atoms with van der Waals surface area (Å²) < 4.78 is 0. The van der Waals surface area contributed by atoms with E-state index < -0.39 is 0 Å². The topological polar surface area (TPSA) is 50.4 Å². The number of nitrogens with two attached hydrogens (primary N) is 1. The molecule has 16 heavy (non-hydrogen) atoms. The second-order valence-corrected chi connectivity index (χ2v) is 4.68. The van der Waals surface area contributed by atoms with Crippen LogP contribution in [-0.4, -0.2) is 19.0 Å². The Morgan fingerprint density at radius 3 is 2.94 bits per heavy atom. The third-order valence-corrected chi connectivity index (χ3v) is 2.96. The third kappa shape index (κ3) is 6.32. The van der Waals surface area contributed by atoms with Gasteiger partial charge in [0.05, 0.1) is 0 Å². The fourth-order valence-electron chi connectivity index (χ4n) is 1.33. The molecule has 0 aliphatic rings. The standard InChI is InChI=1S/C11H19N3S.HI/c1-3-13-11(12)14-8-9(2)7-10-5-4-6-15-10;/h4-6,9H,3,7-8H2,1-2H3,(H3,12,13,14);1H. The van der Waals surface area contributed by atoms with E-state index in [0.717, 1.165) is 19.5 Å². The van der Waals surface area contributed by atoms with Crippen molar-refractivity contribution in [3.05, 3.63) is 22.4 Å². The second kappa shape index (κ2) is 8.81. The van der Waals surface area contributed by atoms with Crippen LogP contribution in [0.1, 0.15) is 18.7 Å². The highest BCUT2D eigenvalue weighted by atomic mass is 127. The number of nitrogens with one attached hydrogen (secondary N) is 1. The van der Waals surface area contributed by atoms with E-state index in [1.54, 1.807) is 11.3 Å². The van der Waals surface area contributed by atoms with Crippen LogP contribution in [0.15, 0.2) is 22.5 Å². The number of thiophene rings is 1. The highest BCUT2D eigenvalue weighted by molar-refractivity contribution is 14.0. The Bertz CT molecular complexity index is 298. The molecule has 0 spiro atoms. The van der Waals surface area contributed by atoms with Gasteiger partial charge in [-0.1, -0.05) is 13.0 Å². The Balaban J connectivity index is 0.00000225. The minimum absolute atomic E-state index is 0. The molecule has 1 atom stereocenters. The molecule has 0 amide bonds. The molecule has 0 saturated heterocycles. The number of hydrogen-bond acceptors (Lipinski definition) is 2. The van der Waals surface area contributed by atoms with Crippen LogP contribution >= 0.6 is 35.3 Å². The summed E-state index contributed by atoms with van der Waals surface area (Å²) in [6.07, 6.45) is 1.08. The largest absolute Gasteiger partial charge is 0.370 e. The van der Waals surface area contributed by atoms with Crippen LogP contribution in [0.3, 0.4) is 0 Å². The average molecular weight is 353 g/mol. The molecule has 3 N–H and O–H groups in total. The van der Waals surface area contributed by atoms with Crippen molar-refractivity contribution < 1.29 is 0 Å². The molecule has 0 aromatic carbocycles. The van der Waals surface area contributed by atoms with Gasteiger partial charge in [0.2, 0.25) is 0 Å². The van der Waals surface area contributed by atoms with E-state index in [1.165, 1.54) is 4.88 Å². The van der Waals surface area contributed by atoms with Crippen LogP contribution in [-0.2, 0) is 6.42 Å². The van der Waals surface area contributed by atoms with Gasteiger partial charge in [-0.25, -0.2) is 0 Å². The summed E-state index contributed by atoms with van der Waals surface area (Å²) in [7, 11) is 0. The Morgan fingerprint density at radius 2 is 2.38 bits per heavy atom. The van der Waals surface area contributed by atoms with Crippen LogP contribution in [0.25, 0.3) is 0 Å². The first-order chi connectivity index (χ1) is 7.22. The summed E-state index contributed by atoms with van der Waals surface area (Å²) in [6.45, 7) is 5.82. The van der Waals surface area contributed by atoms with Crippen LogP contribution in [0.5, 0.6) is 0 Å². The van der Waals surface area contributed by atoms with Gasteiger partial charge in [-0.05, 0) is 30.7 Å². The SMILES string of the molecule is CCNC(N)=NCC(C)Cc1cccs1.I. The summed E-state index contributed by atoms with van der Waals surface area (Å²) in [5.41, 5.74) is 5.65. The lowest BCUT2D eigenvalue weighted by Crippen LogP contribution is -2.31. The Hall–Kier alpha value is -0.300. The van der Waals surface area contributed by atoms with Crippen molar-refractivity contribution in [1.82, 2.24) is 5.32 Å². The van der Waals surface area contributed by atoms with Gasteiger partial charge in [0.1, 0.15) is 0 Å². The molecule has 0 saturated carbocycles. The quantitative estimate of drug-likeness (QED) is 0.485. The van der Waals surface area contributed by atoms with Crippen molar-refractivity contribution in [1.29, 1.82) is 0 Å². The Kier molecular flexibility index (Phi) is 8.64. The van der Waals surface area contributed by atoms with Gasteiger partial charge in [-0.2, -0.15) is 0 Å². The van der Waals surface area contributed by atoms with Crippen molar-refractivity contribution in [2.75, 3.05) is 13.1 Å². The molecule has 0 bridgehead atoms. The average Bonchev–Trinajstić information content (AvgIpc) is 2.68. The zero-order valence-electron chi connectivity index (χ0n) is 9.77. The minimum atomic E-state index is 0. The van der Waals surface area contributed by atoms with E-state index in [-0.39, 0.29) is 24.0 Å². The summed E-state index contributed by atoms with van der Waals surface area (Å²) in [6, 6.07) is 4.25. The molecule has 1 aromatic heterocycles. The molecule has 0 fully saturated rings. The minimum Gasteiger partial charge on any atom is -0.370 e. The summed E-state index contributed by atoms with van der Waals surface area (Å²) in [4.78, 5) is 5.70. The number of guanidine groups is 1. The van der Waals surface area contributed by atoms with Crippen LogP contribution < -0.4 is 11.1 Å². The van der Waals surface area contributed by atoms with E-state index in [9.17, 15) is 0 Å². The van der Waals surface area contributed by atoms with E-state index >= 15 is 0 Å². The molecule has 92 valence electrons. The number of hydrogen-bond donors (Lipinski definition) is 2. The molecule has 3 nitrogen and oxygen atoms in total. The smallest absolute Gasteiger partial charge is 0.188 e.